The summed E-state index contributed by atoms with van der Waals surface area (Å²) in [6.45, 7) is 3.63. The lowest BCUT2D eigenvalue weighted by molar-refractivity contribution is 0.223. The molecule has 1 fully saturated rings. The van der Waals surface area contributed by atoms with Crippen molar-refractivity contribution in [2.45, 2.75) is 31.6 Å². The van der Waals surface area contributed by atoms with Gasteiger partial charge in [0.2, 0.25) is 0 Å². The highest BCUT2D eigenvalue weighted by molar-refractivity contribution is 6.30. The van der Waals surface area contributed by atoms with Crippen LogP contribution in [0.2, 0.25) is 5.02 Å². The van der Waals surface area contributed by atoms with E-state index in [0.29, 0.717) is 5.92 Å². The van der Waals surface area contributed by atoms with Crippen molar-refractivity contribution in [2.24, 2.45) is 0 Å². The number of aromatic nitrogens is 1. The van der Waals surface area contributed by atoms with Gasteiger partial charge in [-0.05, 0) is 68.7 Å². The third-order valence-electron chi connectivity index (χ3n) is 4.50. The summed E-state index contributed by atoms with van der Waals surface area (Å²) in [6.07, 6.45) is 7.07. The van der Waals surface area contributed by atoms with Crippen molar-refractivity contribution in [3.05, 3.63) is 64.9 Å². The Labute approximate surface area is 138 Å². The summed E-state index contributed by atoms with van der Waals surface area (Å²) in [5.41, 5.74) is 2.46. The first-order chi connectivity index (χ1) is 10.8. The lowest BCUT2D eigenvalue weighted by Gasteiger charge is -2.28. The molecule has 1 aliphatic rings. The highest BCUT2D eigenvalue weighted by Gasteiger charge is 2.18. The molecule has 2 nitrogen and oxygen atoms in total. The number of nitrogens with zero attached hydrogens (tertiary/aromatic N) is 2. The second kappa shape index (κ2) is 7.75. The van der Waals surface area contributed by atoms with E-state index in [1.165, 1.54) is 37.9 Å². The Morgan fingerprint density at radius 3 is 2.45 bits per heavy atom. The first kappa shape index (κ1) is 15.5. The van der Waals surface area contributed by atoms with E-state index in [9.17, 15) is 0 Å². The van der Waals surface area contributed by atoms with Crippen LogP contribution in [0.15, 0.2) is 48.7 Å². The SMILES string of the molecule is Clc1ccc([C@H](CCN2CCCCC2)c2ccccn2)cc1. The minimum atomic E-state index is 0.348. The standard InChI is InChI=1S/C19H23ClN2/c20-17-9-7-16(8-10-17)18(19-6-2-3-12-21-19)11-15-22-13-4-1-5-14-22/h2-3,6-10,12,18H,1,4-5,11,13-15H2/t18-/m0/s1. The number of likely N-dealkylation sites (tertiary alicyclic amines) is 1. The molecule has 0 bridgehead atoms. The third-order valence-corrected chi connectivity index (χ3v) is 4.75. The van der Waals surface area contributed by atoms with E-state index in [1.807, 2.05) is 24.4 Å². The summed E-state index contributed by atoms with van der Waals surface area (Å²) in [4.78, 5) is 7.18. The zero-order valence-electron chi connectivity index (χ0n) is 12.9. The van der Waals surface area contributed by atoms with Gasteiger partial charge in [-0.3, -0.25) is 4.98 Å². The normalized spacial score (nSPS) is 17.3. The second-order valence-corrected chi connectivity index (χ2v) is 6.49. The third kappa shape index (κ3) is 4.08. The highest BCUT2D eigenvalue weighted by atomic mass is 35.5. The lowest BCUT2D eigenvalue weighted by atomic mass is 9.91. The fourth-order valence-corrected chi connectivity index (χ4v) is 3.38. The van der Waals surface area contributed by atoms with Crippen molar-refractivity contribution >= 4 is 11.6 Å². The topological polar surface area (TPSA) is 16.1 Å². The van der Waals surface area contributed by atoms with Crippen molar-refractivity contribution in [1.82, 2.24) is 9.88 Å². The number of piperidine rings is 1. The molecule has 3 heteroatoms. The molecule has 0 spiro atoms. The van der Waals surface area contributed by atoms with Gasteiger partial charge in [0.05, 0.1) is 0 Å². The molecule has 1 saturated heterocycles. The highest BCUT2D eigenvalue weighted by Crippen LogP contribution is 2.28. The maximum absolute atomic E-state index is 6.04. The van der Waals surface area contributed by atoms with Crippen LogP contribution < -0.4 is 0 Å². The smallest absolute Gasteiger partial charge is 0.0478 e. The molecular formula is C19H23ClN2. The summed E-state index contributed by atoms with van der Waals surface area (Å²) < 4.78 is 0. The first-order valence-electron chi connectivity index (χ1n) is 8.22. The van der Waals surface area contributed by atoms with Crippen LogP contribution in [0.25, 0.3) is 0 Å². The number of rotatable bonds is 5. The van der Waals surface area contributed by atoms with Crippen LogP contribution in [0.3, 0.4) is 0 Å². The molecule has 0 radical (unpaired) electrons. The number of hydrogen-bond donors (Lipinski definition) is 0. The second-order valence-electron chi connectivity index (χ2n) is 6.05. The maximum Gasteiger partial charge on any atom is 0.0478 e. The molecule has 2 heterocycles. The molecule has 1 atom stereocenters. The van der Waals surface area contributed by atoms with Gasteiger partial charge >= 0.3 is 0 Å². The van der Waals surface area contributed by atoms with Crippen molar-refractivity contribution < 1.29 is 0 Å². The van der Waals surface area contributed by atoms with Gasteiger partial charge in [0, 0.05) is 22.8 Å². The molecule has 1 aliphatic heterocycles. The van der Waals surface area contributed by atoms with Crippen molar-refractivity contribution in [3.8, 4) is 0 Å². The van der Waals surface area contributed by atoms with E-state index in [-0.39, 0.29) is 0 Å². The number of pyridine rings is 1. The Balaban J connectivity index is 1.75. The zero-order valence-corrected chi connectivity index (χ0v) is 13.7. The largest absolute Gasteiger partial charge is 0.303 e. The van der Waals surface area contributed by atoms with Crippen LogP contribution in [-0.2, 0) is 0 Å². The predicted octanol–water partition coefficient (Wildman–Crippen LogP) is 4.74. The lowest BCUT2D eigenvalue weighted by Crippen LogP contribution is -2.31. The van der Waals surface area contributed by atoms with Gasteiger partial charge in [0.1, 0.15) is 0 Å². The molecule has 3 rings (SSSR count). The molecule has 0 saturated carbocycles. The van der Waals surface area contributed by atoms with Gasteiger partial charge < -0.3 is 4.90 Å². The van der Waals surface area contributed by atoms with Crippen molar-refractivity contribution in [2.75, 3.05) is 19.6 Å². The zero-order chi connectivity index (χ0) is 15.2. The number of halogens is 1. The molecule has 1 aromatic heterocycles. The fraction of sp³-hybridized carbons (Fsp3) is 0.421. The van der Waals surface area contributed by atoms with Gasteiger partial charge in [0.15, 0.2) is 0 Å². The van der Waals surface area contributed by atoms with Crippen LogP contribution in [-0.4, -0.2) is 29.5 Å². The molecule has 0 amide bonds. The molecule has 0 unspecified atom stereocenters. The molecule has 2 aromatic rings. The Morgan fingerprint density at radius 2 is 1.77 bits per heavy atom. The van der Waals surface area contributed by atoms with Crippen molar-refractivity contribution in [1.29, 1.82) is 0 Å². The minimum absolute atomic E-state index is 0.348. The molecule has 0 aliphatic carbocycles. The monoisotopic (exact) mass is 314 g/mol. The Hall–Kier alpha value is -1.38. The Morgan fingerprint density at radius 1 is 1.00 bits per heavy atom. The quantitative estimate of drug-likeness (QED) is 0.792. The van der Waals surface area contributed by atoms with E-state index < -0.39 is 0 Å². The molecule has 116 valence electrons. The average Bonchev–Trinajstić information content (AvgIpc) is 2.58. The summed E-state index contributed by atoms with van der Waals surface area (Å²) in [7, 11) is 0. The van der Waals surface area contributed by atoms with E-state index in [0.717, 1.165) is 23.7 Å². The molecule has 22 heavy (non-hydrogen) atoms. The minimum Gasteiger partial charge on any atom is -0.303 e. The van der Waals surface area contributed by atoms with E-state index in [4.69, 9.17) is 11.6 Å². The van der Waals surface area contributed by atoms with Gasteiger partial charge in [0.25, 0.3) is 0 Å². The molecule has 0 N–H and O–H groups in total. The summed E-state index contributed by atoms with van der Waals surface area (Å²) in [6, 6.07) is 14.4. The van der Waals surface area contributed by atoms with Gasteiger partial charge in [-0.25, -0.2) is 0 Å². The van der Waals surface area contributed by atoms with E-state index in [1.54, 1.807) is 0 Å². The maximum atomic E-state index is 6.04. The van der Waals surface area contributed by atoms with E-state index in [2.05, 4.69) is 34.1 Å². The predicted molar refractivity (Wildman–Crippen MR) is 92.4 cm³/mol. The summed E-state index contributed by atoms with van der Waals surface area (Å²) in [5, 5.41) is 0.791. The van der Waals surface area contributed by atoms with E-state index >= 15 is 0 Å². The number of benzene rings is 1. The fourth-order valence-electron chi connectivity index (χ4n) is 3.26. The van der Waals surface area contributed by atoms with Crippen LogP contribution in [0, 0.1) is 0 Å². The number of hydrogen-bond acceptors (Lipinski definition) is 2. The summed E-state index contributed by atoms with van der Waals surface area (Å²) >= 11 is 6.04. The van der Waals surface area contributed by atoms with Crippen LogP contribution in [0.1, 0.15) is 42.9 Å². The molecular weight excluding hydrogens is 292 g/mol. The first-order valence-corrected chi connectivity index (χ1v) is 8.59. The Bertz CT molecular complexity index is 562. The van der Waals surface area contributed by atoms with Crippen LogP contribution in [0.5, 0.6) is 0 Å². The van der Waals surface area contributed by atoms with Gasteiger partial charge in [-0.15, -0.1) is 0 Å². The Kier molecular flexibility index (Phi) is 5.47. The van der Waals surface area contributed by atoms with Crippen LogP contribution in [0.4, 0.5) is 0 Å². The van der Waals surface area contributed by atoms with Crippen LogP contribution >= 0.6 is 11.6 Å². The van der Waals surface area contributed by atoms with Gasteiger partial charge in [-0.2, -0.15) is 0 Å². The summed E-state index contributed by atoms with van der Waals surface area (Å²) in [5.74, 6) is 0.348. The average molecular weight is 315 g/mol. The molecule has 1 aromatic carbocycles. The van der Waals surface area contributed by atoms with Crippen molar-refractivity contribution in [3.63, 3.8) is 0 Å². The van der Waals surface area contributed by atoms with Gasteiger partial charge in [-0.1, -0.05) is 36.2 Å².